The maximum atomic E-state index is 13.8. The maximum Gasteiger partial charge on any atom is 0.338 e. The summed E-state index contributed by atoms with van der Waals surface area (Å²) in [7, 11) is 3.95. The van der Waals surface area contributed by atoms with E-state index in [1.807, 2.05) is 11.9 Å². The van der Waals surface area contributed by atoms with Gasteiger partial charge in [-0.3, -0.25) is 0 Å². The molecule has 0 atom stereocenters. The largest absolute Gasteiger partial charge is 0.478 e. The van der Waals surface area contributed by atoms with Crippen molar-refractivity contribution in [3.8, 4) is 0 Å². The van der Waals surface area contributed by atoms with Crippen molar-refractivity contribution in [1.29, 1.82) is 0 Å². The summed E-state index contributed by atoms with van der Waals surface area (Å²) in [6.45, 7) is 1.98. The monoisotopic (exact) mass is 281 g/mol. The lowest BCUT2D eigenvalue weighted by Gasteiger charge is -2.37. The molecule has 1 saturated heterocycles. The molecule has 1 fully saturated rings. The molecular weight excluding hydrogens is 261 g/mol. The van der Waals surface area contributed by atoms with Crippen molar-refractivity contribution in [2.45, 2.75) is 18.9 Å². The normalized spacial score (nSPS) is 17.1. The number of piperidine rings is 1. The molecule has 3 N–H and O–H groups in total. The number of nitrogen functional groups attached to an aromatic ring is 1. The molecule has 0 aliphatic carbocycles. The summed E-state index contributed by atoms with van der Waals surface area (Å²) < 4.78 is 13.8. The van der Waals surface area contributed by atoms with Crippen LogP contribution in [0.15, 0.2) is 12.1 Å². The van der Waals surface area contributed by atoms with Crippen LogP contribution in [0.5, 0.6) is 0 Å². The summed E-state index contributed by atoms with van der Waals surface area (Å²) in [5, 5.41) is 8.88. The van der Waals surface area contributed by atoms with Crippen molar-refractivity contribution in [1.82, 2.24) is 4.90 Å². The summed E-state index contributed by atoms with van der Waals surface area (Å²) >= 11 is 0. The van der Waals surface area contributed by atoms with E-state index in [1.165, 1.54) is 12.1 Å². The van der Waals surface area contributed by atoms with Gasteiger partial charge < -0.3 is 20.6 Å². The fourth-order valence-electron chi connectivity index (χ4n) is 2.63. The van der Waals surface area contributed by atoms with Gasteiger partial charge in [0.1, 0.15) is 5.82 Å². The van der Waals surface area contributed by atoms with Crippen molar-refractivity contribution >= 4 is 17.3 Å². The smallest absolute Gasteiger partial charge is 0.338 e. The third kappa shape index (κ3) is 2.85. The Bertz CT molecular complexity index is 513. The Morgan fingerprint density at radius 3 is 2.60 bits per heavy atom. The highest BCUT2D eigenvalue weighted by Crippen LogP contribution is 2.29. The maximum absolute atomic E-state index is 13.8. The van der Waals surface area contributed by atoms with E-state index in [0.29, 0.717) is 17.4 Å². The Morgan fingerprint density at radius 2 is 2.05 bits per heavy atom. The van der Waals surface area contributed by atoms with Crippen LogP contribution in [0.4, 0.5) is 15.8 Å². The Morgan fingerprint density at radius 1 is 1.45 bits per heavy atom. The van der Waals surface area contributed by atoms with Crippen LogP contribution in [0.25, 0.3) is 0 Å². The number of anilines is 2. The van der Waals surface area contributed by atoms with Crippen LogP contribution in [0.1, 0.15) is 23.2 Å². The van der Waals surface area contributed by atoms with E-state index >= 15 is 0 Å². The average molecular weight is 281 g/mol. The van der Waals surface area contributed by atoms with Crippen molar-refractivity contribution in [3.05, 3.63) is 23.5 Å². The van der Waals surface area contributed by atoms with Gasteiger partial charge in [-0.15, -0.1) is 0 Å². The van der Waals surface area contributed by atoms with Crippen molar-refractivity contribution in [3.63, 3.8) is 0 Å². The number of hydrogen-bond acceptors (Lipinski definition) is 4. The Hall–Kier alpha value is -1.82. The molecule has 0 aromatic heterocycles. The molecule has 110 valence electrons. The Labute approximate surface area is 117 Å². The molecule has 0 saturated carbocycles. The van der Waals surface area contributed by atoms with Crippen LogP contribution < -0.4 is 10.6 Å². The topological polar surface area (TPSA) is 69.8 Å². The molecule has 6 heteroatoms. The summed E-state index contributed by atoms with van der Waals surface area (Å²) in [5.41, 5.74) is 6.35. The molecule has 0 amide bonds. The minimum Gasteiger partial charge on any atom is -0.478 e. The van der Waals surface area contributed by atoms with Crippen molar-refractivity contribution in [2.75, 3.05) is 37.8 Å². The van der Waals surface area contributed by atoms with Crippen LogP contribution in [0.2, 0.25) is 0 Å². The van der Waals surface area contributed by atoms with Crippen LogP contribution in [0.3, 0.4) is 0 Å². The van der Waals surface area contributed by atoms with Crippen molar-refractivity contribution < 1.29 is 14.3 Å². The lowest BCUT2D eigenvalue weighted by atomic mass is 10.0. The number of aromatic carboxylic acids is 1. The standard InChI is InChI=1S/C14H20FN3O2/c1-17-5-3-9(4-6-17)18(2)13-8-11(15)10(14(19)20)7-12(13)16/h7-9H,3-6,16H2,1-2H3,(H,19,20). The summed E-state index contributed by atoms with van der Waals surface area (Å²) in [6.07, 6.45) is 1.96. The van der Waals surface area contributed by atoms with E-state index < -0.39 is 11.8 Å². The quantitative estimate of drug-likeness (QED) is 0.824. The molecule has 0 unspecified atom stereocenters. The first kappa shape index (κ1) is 14.6. The number of likely N-dealkylation sites (tertiary alicyclic amines) is 1. The molecule has 1 heterocycles. The van der Waals surface area contributed by atoms with E-state index in [1.54, 1.807) is 0 Å². The van der Waals surface area contributed by atoms with Gasteiger partial charge in [0.2, 0.25) is 0 Å². The first-order chi connectivity index (χ1) is 9.40. The zero-order chi connectivity index (χ0) is 14.9. The van der Waals surface area contributed by atoms with Crippen molar-refractivity contribution in [2.24, 2.45) is 0 Å². The predicted octanol–water partition coefficient (Wildman–Crippen LogP) is 1.64. The number of rotatable bonds is 3. The number of nitrogens with zero attached hydrogens (tertiary/aromatic N) is 2. The van der Waals surface area contributed by atoms with E-state index in [9.17, 15) is 9.18 Å². The molecule has 20 heavy (non-hydrogen) atoms. The first-order valence-corrected chi connectivity index (χ1v) is 6.64. The highest BCUT2D eigenvalue weighted by atomic mass is 19.1. The molecule has 1 aliphatic heterocycles. The van der Waals surface area contributed by atoms with Gasteiger partial charge in [-0.1, -0.05) is 0 Å². The third-order valence-electron chi connectivity index (χ3n) is 3.96. The van der Waals surface area contributed by atoms with Gasteiger partial charge in [-0.05, 0) is 39.0 Å². The molecule has 2 rings (SSSR count). The summed E-state index contributed by atoms with van der Waals surface area (Å²) in [5.74, 6) is -2.05. The minimum atomic E-state index is -1.30. The molecule has 1 aromatic rings. The highest BCUT2D eigenvalue weighted by Gasteiger charge is 2.23. The molecular formula is C14H20FN3O2. The van der Waals surface area contributed by atoms with Crippen LogP contribution >= 0.6 is 0 Å². The van der Waals surface area contributed by atoms with Gasteiger partial charge in [-0.2, -0.15) is 0 Å². The minimum absolute atomic E-state index is 0.295. The average Bonchev–Trinajstić information content (AvgIpc) is 2.40. The second kappa shape index (κ2) is 5.66. The molecule has 0 bridgehead atoms. The lowest BCUT2D eigenvalue weighted by Crippen LogP contribution is -2.42. The lowest BCUT2D eigenvalue weighted by molar-refractivity contribution is 0.0692. The first-order valence-electron chi connectivity index (χ1n) is 6.64. The van der Waals surface area contributed by atoms with Gasteiger partial charge in [0.25, 0.3) is 0 Å². The molecule has 1 aromatic carbocycles. The number of halogens is 1. The van der Waals surface area contributed by atoms with Gasteiger partial charge in [0.15, 0.2) is 0 Å². The number of carbonyl (C=O) groups is 1. The van der Waals surface area contributed by atoms with Gasteiger partial charge in [0.05, 0.1) is 16.9 Å². The van der Waals surface area contributed by atoms with E-state index in [-0.39, 0.29) is 5.56 Å². The van der Waals surface area contributed by atoms with Crippen LogP contribution in [0, 0.1) is 5.82 Å². The predicted molar refractivity (Wildman–Crippen MR) is 76.7 cm³/mol. The molecule has 1 aliphatic rings. The Balaban J connectivity index is 2.24. The number of nitrogens with two attached hydrogens (primary N) is 1. The molecule has 5 nitrogen and oxygen atoms in total. The van der Waals surface area contributed by atoms with Gasteiger partial charge >= 0.3 is 5.97 Å². The fraction of sp³-hybridized carbons (Fsp3) is 0.500. The van der Waals surface area contributed by atoms with Gasteiger partial charge in [0, 0.05) is 19.2 Å². The zero-order valence-corrected chi connectivity index (χ0v) is 11.8. The highest BCUT2D eigenvalue weighted by molar-refractivity contribution is 5.91. The van der Waals surface area contributed by atoms with Crippen LogP contribution in [-0.2, 0) is 0 Å². The van der Waals surface area contributed by atoms with Crippen LogP contribution in [-0.4, -0.2) is 49.2 Å². The SMILES string of the molecule is CN1CCC(N(C)c2cc(F)c(C(=O)O)cc2N)CC1. The van der Waals surface area contributed by atoms with E-state index in [4.69, 9.17) is 10.8 Å². The zero-order valence-electron chi connectivity index (χ0n) is 11.8. The van der Waals surface area contributed by atoms with E-state index in [2.05, 4.69) is 11.9 Å². The summed E-state index contributed by atoms with van der Waals surface area (Å²) in [6, 6.07) is 2.71. The molecule has 0 radical (unpaired) electrons. The number of benzene rings is 1. The number of carboxylic acid groups (broad SMARTS) is 1. The summed E-state index contributed by atoms with van der Waals surface area (Å²) in [4.78, 5) is 15.1. The second-order valence-electron chi connectivity index (χ2n) is 5.34. The third-order valence-corrected chi connectivity index (χ3v) is 3.96. The Kier molecular flexibility index (Phi) is 4.13. The molecule has 0 spiro atoms. The fourth-order valence-corrected chi connectivity index (χ4v) is 2.63. The number of carboxylic acids is 1. The van der Waals surface area contributed by atoms with Gasteiger partial charge in [-0.25, -0.2) is 9.18 Å². The van der Waals surface area contributed by atoms with E-state index in [0.717, 1.165) is 25.9 Å². The number of hydrogen-bond donors (Lipinski definition) is 2. The second-order valence-corrected chi connectivity index (χ2v) is 5.34.